The number of thiocarbonyl (C=S) groups is 1. The van der Waals surface area contributed by atoms with Gasteiger partial charge < -0.3 is 10.2 Å². The maximum atomic E-state index is 10.8. The van der Waals surface area contributed by atoms with Crippen LogP contribution in [0.15, 0.2) is 4.99 Å². The molecular formula is C6H11N3OS. The Morgan fingerprint density at radius 1 is 1.73 bits per heavy atom. The Kier molecular flexibility index (Phi) is 5.33. The predicted octanol–water partition coefficient (Wildman–Crippen LogP) is 0.360. The van der Waals surface area contributed by atoms with Crippen molar-refractivity contribution in [2.45, 2.75) is 0 Å². The third-order valence-corrected chi connectivity index (χ3v) is 1.10. The molecule has 0 aromatic heterocycles. The Balaban J connectivity index is 3.39. The van der Waals surface area contributed by atoms with Gasteiger partial charge in [0.25, 0.3) is 0 Å². The van der Waals surface area contributed by atoms with Crippen molar-refractivity contribution in [1.29, 1.82) is 0 Å². The average Bonchev–Trinajstić information content (AvgIpc) is 1.97. The van der Waals surface area contributed by atoms with Gasteiger partial charge in [0.15, 0.2) is 0 Å². The minimum absolute atomic E-state index is 0.121. The van der Waals surface area contributed by atoms with E-state index in [9.17, 15) is 4.79 Å². The quantitative estimate of drug-likeness (QED) is 0.380. The number of nitrogens with zero attached hydrogens (tertiary/aromatic N) is 2. The van der Waals surface area contributed by atoms with Gasteiger partial charge in [-0.1, -0.05) is 0 Å². The minimum Gasteiger partial charge on any atom is -0.336 e. The van der Waals surface area contributed by atoms with E-state index in [1.807, 2.05) is 0 Å². The molecule has 0 saturated heterocycles. The van der Waals surface area contributed by atoms with Crippen molar-refractivity contribution < 1.29 is 4.79 Å². The first kappa shape index (κ1) is 10.1. The van der Waals surface area contributed by atoms with Crippen LogP contribution in [0.1, 0.15) is 0 Å². The molecule has 0 atom stereocenters. The summed E-state index contributed by atoms with van der Waals surface area (Å²) >= 11 is 4.34. The van der Waals surface area contributed by atoms with Gasteiger partial charge in [-0.3, -0.25) is 0 Å². The smallest absolute Gasteiger partial charge is 0.316 e. The number of amides is 2. The third kappa shape index (κ3) is 5.51. The molecule has 1 N–H and O–H groups in total. The number of isothiocyanates is 1. The molecule has 4 nitrogen and oxygen atoms in total. The van der Waals surface area contributed by atoms with Gasteiger partial charge in [0.2, 0.25) is 0 Å². The fourth-order valence-electron chi connectivity index (χ4n) is 0.422. The highest BCUT2D eigenvalue weighted by molar-refractivity contribution is 7.78. The first-order valence-corrected chi connectivity index (χ1v) is 3.58. The lowest BCUT2D eigenvalue weighted by atomic mass is 10.6. The van der Waals surface area contributed by atoms with Crippen LogP contribution in [0.3, 0.4) is 0 Å². The fraction of sp³-hybridized carbons (Fsp3) is 0.667. The molecule has 0 aliphatic carbocycles. The van der Waals surface area contributed by atoms with Gasteiger partial charge in [0.05, 0.1) is 11.7 Å². The number of carbonyl (C=O) groups is 1. The zero-order valence-corrected chi connectivity index (χ0v) is 7.44. The van der Waals surface area contributed by atoms with E-state index in [0.717, 1.165) is 0 Å². The summed E-state index contributed by atoms with van der Waals surface area (Å²) in [6.45, 7) is 0.990. The maximum Gasteiger partial charge on any atom is 0.316 e. The van der Waals surface area contributed by atoms with E-state index in [-0.39, 0.29) is 6.03 Å². The lowest BCUT2D eigenvalue weighted by Gasteiger charge is -2.10. The van der Waals surface area contributed by atoms with Crippen molar-refractivity contribution in [2.24, 2.45) is 4.99 Å². The largest absolute Gasteiger partial charge is 0.336 e. The van der Waals surface area contributed by atoms with Crippen LogP contribution in [-0.2, 0) is 0 Å². The van der Waals surface area contributed by atoms with Gasteiger partial charge in [-0.2, -0.15) is 0 Å². The Morgan fingerprint density at radius 3 is 2.82 bits per heavy atom. The van der Waals surface area contributed by atoms with Crippen LogP contribution in [0.5, 0.6) is 0 Å². The van der Waals surface area contributed by atoms with Crippen LogP contribution in [0.25, 0.3) is 0 Å². The van der Waals surface area contributed by atoms with Crippen LogP contribution in [0, 0.1) is 0 Å². The molecule has 11 heavy (non-hydrogen) atoms. The molecular weight excluding hydrogens is 162 g/mol. The molecule has 0 aromatic carbocycles. The summed E-state index contributed by atoms with van der Waals surface area (Å²) in [7, 11) is 3.36. The van der Waals surface area contributed by atoms with E-state index >= 15 is 0 Å². The summed E-state index contributed by atoms with van der Waals surface area (Å²) in [6, 6.07) is -0.121. The van der Waals surface area contributed by atoms with Crippen LogP contribution in [0.4, 0.5) is 4.79 Å². The molecule has 0 spiro atoms. The van der Waals surface area contributed by atoms with Crippen molar-refractivity contribution in [3.63, 3.8) is 0 Å². The molecule has 0 saturated carbocycles. The van der Waals surface area contributed by atoms with Crippen molar-refractivity contribution in [1.82, 2.24) is 10.2 Å². The molecule has 2 amide bonds. The Hall–Kier alpha value is -0.930. The third-order valence-electron chi connectivity index (χ3n) is 0.971. The molecule has 0 aliphatic heterocycles. The highest BCUT2D eigenvalue weighted by Crippen LogP contribution is 1.75. The van der Waals surface area contributed by atoms with Gasteiger partial charge in [0.1, 0.15) is 0 Å². The molecule has 0 unspecified atom stereocenters. The van der Waals surface area contributed by atoms with E-state index < -0.39 is 0 Å². The standard InChI is InChI=1S/C6H11N3OS/c1-9(2)6(10)8-4-3-7-5-11/h3-4H2,1-2H3,(H,8,10). The normalized spacial score (nSPS) is 8.18. The molecule has 0 rings (SSSR count). The second-order valence-electron chi connectivity index (χ2n) is 2.10. The van der Waals surface area contributed by atoms with E-state index in [0.29, 0.717) is 13.1 Å². The molecule has 5 heteroatoms. The van der Waals surface area contributed by atoms with Crippen LogP contribution in [-0.4, -0.2) is 43.3 Å². The topological polar surface area (TPSA) is 44.7 Å². The highest BCUT2D eigenvalue weighted by Gasteiger charge is 1.99. The predicted molar refractivity (Wildman–Crippen MR) is 47.0 cm³/mol. The second kappa shape index (κ2) is 5.82. The summed E-state index contributed by atoms with van der Waals surface area (Å²) < 4.78 is 0. The molecule has 0 heterocycles. The van der Waals surface area contributed by atoms with Gasteiger partial charge in [-0.25, -0.2) is 9.79 Å². The Bertz CT molecular complexity index is 175. The van der Waals surface area contributed by atoms with Crippen LogP contribution >= 0.6 is 12.2 Å². The summed E-state index contributed by atoms with van der Waals surface area (Å²) in [5.74, 6) is 0. The first-order chi connectivity index (χ1) is 5.18. The highest BCUT2D eigenvalue weighted by atomic mass is 32.1. The van der Waals surface area contributed by atoms with Gasteiger partial charge in [-0.15, -0.1) is 0 Å². The molecule has 62 valence electrons. The number of urea groups is 1. The van der Waals surface area contributed by atoms with E-state index in [1.165, 1.54) is 4.90 Å². The Morgan fingerprint density at radius 2 is 2.36 bits per heavy atom. The molecule has 0 radical (unpaired) electrons. The number of hydrogen-bond donors (Lipinski definition) is 1. The van der Waals surface area contributed by atoms with E-state index in [2.05, 4.69) is 27.7 Å². The van der Waals surface area contributed by atoms with Gasteiger partial charge >= 0.3 is 6.03 Å². The monoisotopic (exact) mass is 173 g/mol. The lowest BCUT2D eigenvalue weighted by molar-refractivity contribution is 0.218. The summed E-state index contributed by atoms with van der Waals surface area (Å²) in [6.07, 6.45) is 0. The number of carbonyl (C=O) groups excluding carboxylic acids is 1. The summed E-state index contributed by atoms with van der Waals surface area (Å²) in [5, 5.41) is 4.84. The molecule has 0 bridgehead atoms. The van der Waals surface area contributed by atoms with Crippen molar-refractivity contribution in [3.8, 4) is 0 Å². The Labute approximate surface area is 71.3 Å². The zero-order valence-electron chi connectivity index (χ0n) is 6.63. The number of nitrogens with one attached hydrogen (secondary N) is 1. The summed E-state index contributed by atoms with van der Waals surface area (Å²) in [4.78, 5) is 15.9. The van der Waals surface area contributed by atoms with Crippen molar-refractivity contribution >= 4 is 23.4 Å². The zero-order chi connectivity index (χ0) is 8.69. The van der Waals surface area contributed by atoms with Crippen molar-refractivity contribution in [2.75, 3.05) is 27.2 Å². The van der Waals surface area contributed by atoms with E-state index in [1.54, 1.807) is 14.1 Å². The first-order valence-electron chi connectivity index (χ1n) is 3.17. The number of hydrogen-bond acceptors (Lipinski definition) is 3. The molecule has 0 fully saturated rings. The number of rotatable bonds is 3. The van der Waals surface area contributed by atoms with E-state index in [4.69, 9.17) is 0 Å². The minimum atomic E-state index is -0.121. The molecule has 0 aromatic rings. The summed E-state index contributed by atoms with van der Waals surface area (Å²) in [5.41, 5.74) is 0. The SMILES string of the molecule is CN(C)C(=O)NCCN=C=S. The van der Waals surface area contributed by atoms with Crippen molar-refractivity contribution in [3.05, 3.63) is 0 Å². The lowest BCUT2D eigenvalue weighted by Crippen LogP contribution is -2.35. The second-order valence-corrected chi connectivity index (χ2v) is 2.28. The van der Waals surface area contributed by atoms with Gasteiger partial charge in [-0.05, 0) is 12.2 Å². The van der Waals surface area contributed by atoms with Gasteiger partial charge in [0, 0.05) is 20.6 Å². The molecule has 0 aliphatic rings. The fourth-order valence-corrected chi connectivity index (χ4v) is 0.514. The number of aliphatic imine (C=N–C) groups is 1. The van der Waals surface area contributed by atoms with Crippen LogP contribution < -0.4 is 5.32 Å². The maximum absolute atomic E-state index is 10.8. The van der Waals surface area contributed by atoms with Crippen LogP contribution in [0.2, 0.25) is 0 Å². The average molecular weight is 173 g/mol.